The van der Waals surface area contributed by atoms with Crippen LogP contribution in [0.5, 0.6) is 0 Å². The lowest BCUT2D eigenvalue weighted by molar-refractivity contribution is -0.140. The van der Waals surface area contributed by atoms with Crippen LogP contribution in [0, 0.1) is 0 Å². The fraction of sp³-hybridized carbons (Fsp3) is 0.250. The molecule has 0 bridgehead atoms. The molecule has 10 heteroatoms. The number of hydrogen-bond acceptors (Lipinski definition) is 6. The molecule has 4 rings (SSSR count). The van der Waals surface area contributed by atoms with Crippen LogP contribution < -0.4 is 10.6 Å². The number of carboxylic acids is 1. The summed E-state index contributed by atoms with van der Waals surface area (Å²) in [5.41, 5.74) is 4.38. The van der Waals surface area contributed by atoms with E-state index in [9.17, 15) is 19.5 Å². The quantitative estimate of drug-likeness (QED) is 0.467. The summed E-state index contributed by atoms with van der Waals surface area (Å²) in [6.45, 7) is -0.107. The van der Waals surface area contributed by atoms with Crippen LogP contribution in [-0.2, 0) is 21.3 Å². The van der Waals surface area contributed by atoms with E-state index in [1.54, 1.807) is 7.05 Å². The summed E-state index contributed by atoms with van der Waals surface area (Å²) in [6.07, 6.45) is 0.478. The van der Waals surface area contributed by atoms with E-state index in [2.05, 4.69) is 15.7 Å². The van der Waals surface area contributed by atoms with Gasteiger partial charge in [-0.25, -0.2) is 9.59 Å². The molecule has 34 heavy (non-hydrogen) atoms. The highest BCUT2D eigenvalue weighted by Crippen LogP contribution is 2.44. The number of aliphatic carboxylic acids is 1. The number of hydrogen-bond donors (Lipinski definition) is 3. The number of nitrogens with zero attached hydrogens (tertiary/aromatic N) is 2. The molecule has 3 aromatic rings. The third kappa shape index (κ3) is 4.48. The first-order chi connectivity index (χ1) is 16.4. The lowest BCUT2D eigenvalue weighted by Crippen LogP contribution is -2.44. The molecule has 0 saturated heterocycles. The molecule has 0 fully saturated rings. The van der Waals surface area contributed by atoms with Gasteiger partial charge in [0, 0.05) is 20.1 Å². The van der Waals surface area contributed by atoms with Gasteiger partial charge in [-0.05, 0) is 22.3 Å². The SMILES string of the molecule is COCC(NC(=O)c1cnn(C)c1NC(=O)OCC1c2ccccc2-c2ccccc21)C(=O)O. The van der Waals surface area contributed by atoms with Gasteiger partial charge in [0.05, 0.1) is 12.8 Å². The normalized spacial score (nSPS) is 13.0. The number of carbonyl (C=O) groups is 3. The Bertz CT molecular complexity index is 1190. The minimum atomic E-state index is -1.25. The van der Waals surface area contributed by atoms with Crippen molar-refractivity contribution in [2.24, 2.45) is 7.05 Å². The molecule has 1 heterocycles. The second kappa shape index (κ2) is 9.75. The van der Waals surface area contributed by atoms with Crippen molar-refractivity contribution in [1.29, 1.82) is 0 Å². The van der Waals surface area contributed by atoms with Gasteiger partial charge < -0.3 is 19.9 Å². The van der Waals surface area contributed by atoms with Crippen LogP contribution >= 0.6 is 0 Å². The molecule has 176 valence electrons. The minimum absolute atomic E-state index is 0.00152. The van der Waals surface area contributed by atoms with Gasteiger partial charge in [-0.3, -0.25) is 14.8 Å². The maximum Gasteiger partial charge on any atom is 0.412 e. The molecule has 1 unspecified atom stereocenters. The fourth-order valence-electron chi connectivity index (χ4n) is 4.06. The summed E-state index contributed by atoms with van der Waals surface area (Å²) in [5, 5.41) is 18.1. The average molecular weight is 464 g/mol. The zero-order valence-electron chi connectivity index (χ0n) is 18.6. The molecule has 3 N–H and O–H groups in total. The standard InChI is InChI=1S/C24H24N4O6/c1-28-21(18(11-25-28)22(29)26-20(13-33-2)23(30)31)27-24(32)34-12-19-16-9-5-3-7-14(16)15-8-4-6-10-17(15)19/h3-11,19-20H,12-13H2,1-2H3,(H,26,29)(H,27,32)(H,30,31). The van der Waals surface area contributed by atoms with Crippen LogP contribution in [0.1, 0.15) is 27.4 Å². The van der Waals surface area contributed by atoms with E-state index >= 15 is 0 Å². The highest BCUT2D eigenvalue weighted by atomic mass is 16.5. The van der Waals surface area contributed by atoms with Crippen LogP contribution in [0.3, 0.4) is 0 Å². The van der Waals surface area contributed by atoms with E-state index in [1.807, 2.05) is 48.5 Å². The maximum atomic E-state index is 12.6. The number of aromatic nitrogens is 2. The highest BCUT2D eigenvalue weighted by molar-refractivity contribution is 6.03. The second-order valence-corrected chi connectivity index (χ2v) is 7.80. The third-order valence-electron chi connectivity index (χ3n) is 5.68. The van der Waals surface area contributed by atoms with Crippen LogP contribution in [-0.4, -0.2) is 59.2 Å². The van der Waals surface area contributed by atoms with Crippen LogP contribution in [0.15, 0.2) is 54.7 Å². The molecule has 0 aliphatic heterocycles. The number of carbonyl (C=O) groups excluding carboxylic acids is 2. The van der Waals surface area contributed by atoms with E-state index in [-0.39, 0.29) is 30.5 Å². The number of rotatable bonds is 8. The monoisotopic (exact) mass is 464 g/mol. The van der Waals surface area contributed by atoms with E-state index in [0.29, 0.717) is 0 Å². The number of amides is 2. The van der Waals surface area contributed by atoms with Gasteiger partial charge in [-0.1, -0.05) is 48.5 Å². The Morgan fingerprint density at radius 3 is 2.29 bits per heavy atom. The molecular formula is C24H24N4O6. The topological polar surface area (TPSA) is 132 Å². The van der Waals surface area contributed by atoms with Crippen molar-refractivity contribution in [3.8, 4) is 11.1 Å². The lowest BCUT2D eigenvalue weighted by atomic mass is 9.98. The summed E-state index contributed by atoms with van der Waals surface area (Å²) in [6, 6.07) is 14.7. The number of benzene rings is 2. The van der Waals surface area contributed by atoms with E-state index in [4.69, 9.17) is 9.47 Å². The average Bonchev–Trinajstić information content (AvgIpc) is 3.35. The molecule has 0 radical (unpaired) electrons. The Morgan fingerprint density at radius 1 is 1.09 bits per heavy atom. The zero-order chi connectivity index (χ0) is 24.2. The van der Waals surface area contributed by atoms with Gasteiger partial charge in [0.2, 0.25) is 0 Å². The van der Waals surface area contributed by atoms with Crippen LogP contribution in [0.25, 0.3) is 11.1 Å². The molecular weight excluding hydrogens is 440 g/mol. The van der Waals surface area contributed by atoms with Gasteiger partial charge >= 0.3 is 12.1 Å². The van der Waals surface area contributed by atoms with Gasteiger partial charge in [0.25, 0.3) is 5.91 Å². The first kappa shape index (κ1) is 23.0. The molecule has 2 amide bonds. The van der Waals surface area contributed by atoms with Gasteiger partial charge in [0.15, 0.2) is 6.04 Å². The first-order valence-corrected chi connectivity index (χ1v) is 10.6. The Balaban J connectivity index is 1.45. The van der Waals surface area contributed by atoms with Crippen molar-refractivity contribution in [1.82, 2.24) is 15.1 Å². The van der Waals surface area contributed by atoms with Crippen LogP contribution in [0.2, 0.25) is 0 Å². The van der Waals surface area contributed by atoms with Gasteiger partial charge in [0.1, 0.15) is 18.0 Å². The Morgan fingerprint density at radius 2 is 1.71 bits per heavy atom. The Hall–Kier alpha value is -4.18. The molecule has 0 spiro atoms. The van der Waals surface area contributed by atoms with Crippen molar-refractivity contribution in [3.05, 3.63) is 71.4 Å². The summed E-state index contributed by atoms with van der Waals surface area (Å²) in [4.78, 5) is 36.6. The number of carboxylic acid groups (broad SMARTS) is 1. The number of methoxy groups -OCH3 is 1. The highest BCUT2D eigenvalue weighted by Gasteiger charge is 2.30. The van der Waals surface area contributed by atoms with Crippen molar-refractivity contribution < 1.29 is 29.0 Å². The van der Waals surface area contributed by atoms with Crippen LogP contribution in [0.4, 0.5) is 10.6 Å². The minimum Gasteiger partial charge on any atom is -0.480 e. The smallest absolute Gasteiger partial charge is 0.412 e. The van der Waals surface area contributed by atoms with Crippen molar-refractivity contribution >= 4 is 23.8 Å². The maximum absolute atomic E-state index is 12.6. The van der Waals surface area contributed by atoms with Crippen molar-refractivity contribution in [3.63, 3.8) is 0 Å². The molecule has 1 aromatic heterocycles. The summed E-state index contributed by atoms with van der Waals surface area (Å²) in [5.74, 6) is -1.99. The summed E-state index contributed by atoms with van der Waals surface area (Å²) < 4.78 is 11.6. The van der Waals surface area contributed by atoms with Gasteiger partial charge in [-0.2, -0.15) is 5.10 Å². The molecule has 2 aromatic carbocycles. The third-order valence-corrected chi connectivity index (χ3v) is 5.68. The van der Waals surface area contributed by atoms with Gasteiger partial charge in [-0.15, -0.1) is 0 Å². The number of anilines is 1. The fourth-order valence-corrected chi connectivity index (χ4v) is 4.06. The number of aryl methyl sites for hydroxylation is 1. The van der Waals surface area contributed by atoms with E-state index < -0.39 is 24.0 Å². The lowest BCUT2D eigenvalue weighted by Gasteiger charge is -2.16. The number of ether oxygens (including phenoxy) is 2. The predicted molar refractivity (Wildman–Crippen MR) is 123 cm³/mol. The Kier molecular flexibility index (Phi) is 6.60. The summed E-state index contributed by atoms with van der Waals surface area (Å²) in [7, 11) is 2.87. The zero-order valence-corrected chi connectivity index (χ0v) is 18.6. The largest absolute Gasteiger partial charge is 0.480 e. The molecule has 1 aliphatic rings. The van der Waals surface area contributed by atoms with E-state index in [0.717, 1.165) is 22.3 Å². The molecule has 10 nitrogen and oxygen atoms in total. The molecule has 0 saturated carbocycles. The van der Waals surface area contributed by atoms with Crippen molar-refractivity contribution in [2.45, 2.75) is 12.0 Å². The number of fused-ring (bicyclic) bond motifs is 3. The molecule has 1 aliphatic carbocycles. The summed E-state index contributed by atoms with van der Waals surface area (Å²) >= 11 is 0. The molecule has 1 atom stereocenters. The Labute approximate surface area is 195 Å². The number of nitrogens with one attached hydrogen (secondary N) is 2. The van der Waals surface area contributed by atoms with Crippen molar-refractivity contribution in [2.75, 3.05) is 25.6 Å². The first-order valence-electron chi connectivity index (χ1n) is 10.6. The second-order valence-electron chi connectivity index (χ2n) is 7.80. The van der Waals surface area contributed by atoms with E-state index in [1.165, 1.54) is 18.0 Å². The predicted octanol–water partition coefficient (Wildman–Crippen LogP) is 2.61.